The molecule has 0 bridgehead atoms. The molecule has 2 fully saturated rings. The van der Waals surface area contributed by atoms with Crippen LogP contribution in [0.4, 0.5) is 4.39 Å². The summed E-state index contributed by atoms with van der Waals surface area (Å²) < 4.78 is 34.1. The minimum Gasteiger partial charge on any atom is -0.394 e. The molecule has 3 rings (SSSR count). The van der Waals surface area contributed by atoms with Gasteiger partial charge in [-0.05, 0) is 17.3 Å². The van der Waals surface area contributed by atoms with E-state index < -0.39 is 52.8 Å². The average molecular weight is 457 g/mol. The lowest BCUT2D eigenvalue weighted by Crippen LogP contribution is -2.51. The van der Waals surface area contributed by atoms with Crippen LogP contribution in [0.1, 0.15) is 74.5 Å². The molecule has 8 nitrogen and oxygen atoms in total. The SMILES string of the molecule is CC(C)(C)CC(C)(C)[C@@]1(CC(C)(C)C)OC2C(CO)OC(n3cc(F)c(=O)[nH]c3=O)C2O1. The topological polar surface area (TPSA) is 103 Å². The first-order valence-electron chi connectivity index (χ1n) is 11.1. The van der Waals surface area contributed by atoms with Gasteiger partial charge in [0.1, 0.15) is 18.3 Å². The molecule has 2 saturated heterocycles. The minimum atomic E-state index is -1.11. The first-order valence-corrected chi connectivity index (χ1v) is 11.1. The third kappa shape index (κ3) is 4.71. The molecule has 5 atom stereocenters. The molecule has 0 aromatic carbocycles. The Hall–Kier alpha value is -1.55. The number of rotatable bonds is 5. The molecular formula is C23H37FN2O6. The van der Waals surface area contributed by atoms with Gasteiger partial charge in [0.15, 0.2) is 12.0 Å². The molecule has 2 aliphatic heterocycles. The summed E-state index contributed by atoms with van der Waals surface area (Å²) in [5.74, 6) is -2.13. The zero-order chi connectivity index (χ0) is 24.3. The highest BCUT2D eigenvalue weighted by Crippen LogP contribution is 2.56. The van der Waals surface area contributed by atoms with E-state index in [1.165, 1.54) is 0 Å². The maximum absolute atomic E-state index is 14.0. The standard InChI is InChI=1S/C23H37FN2O6/c1-20(2,3)11-22(7,8)23(12-21(4,5)6)31-15-14(10-27)30-18(16(15)32-23)26-9-13(24)17(28)25-19(26)29/h9,14-16,18,27H,10-12H2,1-8H3,(H,25,28,29)/t14?,15?,16?,18?,23-/m0/s1. The van der Waals surface area contributed by atoms with Crippen molar-refractivity contribution in [2.45, 2.75) is 98.6 Å². The number of aromatic nitrogens is 2. The van der Waals surface area contributed by atoms with Gasteiger partial charge in [-0.1, -0.05) is 55.4 Å². The number of nitrogens with one attached hydrogen (secondary N) is 1. The summed E-state index contributed by atoms with van der Waals surface area (Å²) >= 11 is 0. The van der Waals surface area contributed by atoms with E-state index in [1.807, 2.05) is 4.98 Å². The zero-order valence-electron chi connectivity index (χ0n) is 20.3. The average Bonchev–Trinajstić information content (AvgIpc) is 3.11. The highest BCUT2D eigenvalue weighted by molar-refractivity contribution is 5.05. The Labute approximate surface area is 188 Å². The number of hydrogen-bond acceptors (Lipinski definition) is 6. The summed E-state index contributed by atoms with van der Waals surface area (Å²) in [4.78, 5) is 25.9. The second-order valence-electron chi connectivity index (χ2n) is 12.2. The van der Waals surface area contributed by atoms with Crippen LogP contribution in [0.25, 0.3) is 0 Å². The lowest BCUT2D eigenvalue weighted by atomic mass is 9.67. The number of aromatic amines is 1. The molecule has 9 heteroatoms. The Balaban J connectivity index is 2.07. The van der Waals surface area contributed by atoms with Gasteiger partial charge >= 0.3 is 5.69 Å². The summed E-state index contributed by atoms with van der Waals surface area (Å²) in [6, 6.07) is 0. The normalized spacial score (nSPS) is 31.2. The van der Waals surface area contributed by atoms with Crippen molar-refractivity contribution >= 4 is 0 Å². The second-order valence-corrected chi connectivity index (χ2v) is 12.2. The van der Waals surface area contributed by atoms with E-state index in [0.717, 1.165) is 17.2 Å². The molecule has 1 aromatic rings. The van der Waals surface area contributed by atoms with Crippen molar-refractivity contribution in [2.24, 2.45) is 16.2 Å². The quantitative estimate of drug-likeness (QED) is 0.706. The van der Waals surface area contributed by atoms with Crippen molar-refractivity contribution in [1.29, 1.82) is 0 Å². The van der Waals surface area contributed by atoms with Crippen LogP contribution in [0.5, 0.6) is 0 Å². The number of nitrogens with zero attached hydrogens (tertiary/aromatic N) is 1. The van der Waals surface area contributed by atoms with Crippen LogP contribution in [0, 0.1) is 22.1 Å². The summed E-state index contributed by atoms with van der Waals surface area (Å²) in [7, 11) is 0. The van der Waals surface area contributed by atoms with Crippen molar-refractivity contribution in [3.8, 4) is 0 Å². The third-order valence-corrected chi connectivity index (χ3v) is 6.08. The molecule has 182 valence electrons. The largest absolute Gasteiger partial charge is 0.394 e. The first kappa shape index (κ1) is 25.1. The molecule has 2 N–H and O–H groups in total. The molecule has 0 spiro atoms. The number of H-pyrrole nitrogens is 1. The molecule has 2 aliphatic rings. The number of aliphatic hydroxyl groups is 1. The van der Waals surface area contributed by atoms with Crippen molar-refractivity contribution in [3.63, 3.8) is 0 Å². The van der Waals surface area contributed by atoms with Crippen LogP contribution in [-0.4, -0.2) is 45.4 Å². The number of hydrogen-bond donors (Lipinski definition) is 2. The fourth-order valence-electron chi connectivity index (χ4n) is 5.26. The van der Waals surface area contributed by atoms with Gasteiger partial charge in [0.05, 0.1) is 12.8 Å². The highest BCUT2D eigenvalue weighted by Gasteiger charge is 2.64. The summed E-state index contributed by atoms with van der Waals surface area (Å²) in [6.07, 6.45) is -1.07. The smallest absolute Gasteiger partial charge is 0.330 e. The monoisotopic (exact) mass is 456 g/mol. The lowest BCUT2D eigenvalue weighted by Gasteiger charge is -2.48. The molecule has 4 unspecified atom stereocenters. The highest BCUT2D eigenvalue weighted by atomic mass is 19.1. The first-order chi connectivity index (χ1) is 14.5. The molecule has 0 radical (unpaired) electrons. The molecule has 3 heterocycles. The molecule has 32 heavy (non-hydrogen) atoms. The predicted molar refractivity (Wildman–Crippen MR) is 117 cm³/mol. The van der Waals surface area contributed by atoms with E-state index in [1.54, 1.807) is 0 Å². The van der Waals surface area contributed by atoms with Crippen LogP contribution in [0.15, 0.2) is 15.8 Å². The van der Waals surface area contributed by atoms with Gasteiger partial charge in [0, 0.05) is 11.8 Å². The van der Waals surface area contributed by atoms with Crippen molar-refractivity contribution in [3.05, 3.63) is 32.9 Å². The molecule has 1 aromatic heterocycles. The molecule has 0 amide bonds. The van der Waals surface area contributed by atoms with Crippen LogP contribution >= 0.6 is 0 Å². The summed E-state index contributed by atoms with van der Waals surface area (Å²) in [6.45, 7) is 16.6. The number of ether oxygens (including phenoxy) is 3. The Bertz CT molecular complexity index is 957. The van der Waals surface area contributed by atoms with E-state index in [0.29, 0.717) is 6.42 Å². The Morgan fingerprint density at radius 2 is 1.66 bits per heavy atom. The molecule has 0 saturated carbocycles. The van der Waals surface area contributed by atoms with Crippen LogP contribution < -0.4 is 11.2 Å². The van der Waals surface area contributed by atoms with Gasteiger partial charge in [0.2, 0.25) is 5.82 Å². The van der Waals surface area contributed by atoms with E-state index in [4.69, 9.17) is 14.2 Å². The van der Waals surface area contributed by atoms with Crippen molar-refractivity contribution in [2.75, 3.05) is 6.61 Å². The Morgan fingerprint density at radius 1 is 1.06 bits per heavy atom. The third-order valence-electron chi connectivity index (χ3n) is 6.08. The van der Waals surface area contributed by atoms with Crippen LogP contribution in [0.3, 0.4) is 0 Å². The van der Waals surface area contributed by atoms with Crippen molar-refractivity contribution < 1.29 is 23.7 Å². The maximum Gasteiger partial charge on any atom is 0.330 e. The van der Waals surface area contributed by atoms with Gasteiger partial charge < -0.3 is 19.3 Å². The maximum atomic E-state index is 14.0. The van der Waals surface area contributed by atoms with E-state index >= 15 is 0 Å². The fourth-order valence-corrected chi connectivity index (χ4v) is 5.26. The lowest BCUT2D eigenvalue weighted by molar-refractivity contribution is -0.288. The predicted octanol–water partition coefficient (Wildman–Crippen LogP) is 2.94. The second kappa shape index (κ2) is 8.04. The Morgan fingerprint density at radius 3 is 2.19 bits per heavy atom. The number of halogens is 1. The number of aliphatic hydroxyl groups excluding tert-OH is 1. The van der Waals surface area contributed by atoms with Gasteiger partial charge in [-0.15, -0.1) is 0 Å². The minimum absolute atomic E-state index is 0.00985. The van der Waals surface area contributed by atoms with Crippen LogP contribution in [0.2, 0.25) is 0 Å². The summed E-state index contributed by atoms with van der Waals surface area (Å²) in [5.41, 5.74) is -2.51. The fraction of sp³-hybridized carbons (Fsp3) is 0.826. The van der Waals surface area contributed by atoms with Gasteiger partial charge in [-0.3, -0.25) is 14.3 Å². The zero-order valence-corrected chi connectivity index (χ0v) is 20.3. The van der Waals surface area contributed by atoms with Gasteiger partial charge in [-0.2, -0.15) is 4.39 Å². The van der Waals surface area contributed by atoms with E-state index in [9.17, 15) is 19.1 Å². The van der Waals surface area contributed by atoms with Crippen LogP contribution in [-0.2, 0) is 14.2 Å². The van der Waals surface area contributed by atoms with Gasteiger partial charge in [0.25, 0.3) is 5.56 Å². The van der Waals surface area contributed by atoms with E-state index in [-0.39, 0.29) is 17.4 Å². The Kier molecular flexibility index (Phi) is 6.30. The van der Waals surface area contributed by atoms with Gasteiger partial charge in [-0.25, -0.2) is 4.79 Å². The molecule has 0 aliphatic carbocycles. The van der Waals surface area contributed by atoms with E-state index in [2.05, 4.69) is 55.4 Å². The van der Waals surface area contributed by atoms with Crippen molar-refractivity contribution in [1.82, 2.24) is 9.55 Å². The summed E-state index contributed by atoms with van der Waals surface area (Å²) in [5, 5.41) is 9.96. The number of fused-ring (bicyclic) bond motifs is 1. The molecular weight excluding hydrogens is 419 g/mol.